The Kier molecular flexibility index (Phi) is 4.12. The molecule has 0 saturated heterocycles. The van der Waals surface area contributed by atoms with Crippen molar-refractivity contribution in [2.45, 2.75) is 19.5 Å². The van der Waals surface area contributed by atoms with E-state index in [1.165, 1.54) is 0 Å². The van der Waals surface area contributed by atoms with Gasteiger partial charge in [0, 0.05) is 36.1 Å². The summed E-state index contributed by atoms with van der Waals surface area (Å²) in [5, 5.41) is 0. The van der Waals surface area contributed by atoms with E-state index in [1.54, 1.807) is 0 Å². The largest absolute Gasteiger partial charge is 0.276 e. The van der Waals surface area contributed by atoms with Crippen molar-refractivity contribution < 1.29 is 9.15 Å². The number of rotatable bonds is 0. The topological polar surface area (TPSA) is 80.2 Å². The van der Waals surface area contributed by atoms with E-state index >= 15 is 0 Å². The minimum Gasteiger partial charge on any atom is -0.189 e. The van der Waals surface area contributed by atoms with Gasteiger partial charge in [-0.3, -0.25) is 0 Å². The molecule has 0 spiro atoms. The maximum atomic E-state index is 5.32. The molecule has 6 bridgehead atoms. The number of aliphatic imine (C=N–C) groups is 6. The molecule has 8 heteroatoms. The second-order valence-corrected chi connectivity index (χ2v) is 11.6. The molecule has 0 aromatic heterocycles. The molecule has 10 rings (SSSR count). The van der Waals surface area contributed by atoms with Crippen molar-refractivity contribution in [2.75, 3.05) is 0 Å². The first-order chi connectivity index (χ1) is 21.1. The van der Waals surface area contributed by atoms with Gasteiger partial charge in [-0.2, -0.15) is 19.1 Å². The Hall–Kier alpha value is -5.76. The van der Waals surface area contributed by atoms with E-state index in [4.69, 9.17) is 30.0 Å². The molecule has 6 heterocycles. The van der Waals surface area contributed by atoms with Crippen molar-refractivity contribution in [1.29, 1.82) is 0 Å². The molecule has 6 aliphatic rings. The third-order valence-corrected chi connectivity index (χ3v) is 8.85. The fourth-order valence-electron chi connectivity index (χ4n) is 6.94. The Balaban J connectivity index is 1.44. The molecule has 0 aliphatic carbocycles. The van der Waals surface area contributed by atoms with Gasteiger partial charge in [0.25, 0.3) is 23.3 Å². The first-order valence-corrected chi connectivity index (χ1v) is 14.3. The molecule has 0 saturated carbocycles. The summed E-state index contributed by atoms with van der Waals surface area (Å²) in [5.41, 5.74) is 7.06. The smallest absolute Gasteiger partial charge is 0.189 e. The van der Waals surface area contributed by atoms with Crippen LogP contribution in [0.15, 0.2) is 127 Å². The zero-order valence-electron chi connectivity index (χ0n) is 23.3. The van der Waals surface area contributed by atoms with Gasteiger partial charge in [0.05, 0.1) is 22.3 Å². The highest BCUT2D eigenvalue weighted by atomic mass is 15.4. The molecule has 0 amide bonds. The summed E-state index contributed by atoms with van der Waals surface area (Å²) < 4.78 is 4.44. The van der Waals surface area contributed by atoms with E-state index in [2.05, 4.69) is 71.5 Å². The van der Waals surface area contributed by atoms with E-state index in [9.17, 15) is 0 Å². The lowest BCUT2D eigenvalue weighted by Gasteiger charge is -2.27. The SMILES string of the molecule is CC1(C)[N+]2=C3N=C4N=C(N=C5c6ccccc6C(=[N+]51)N=C1N=C(N=C2c2ccccc23)c2ccccc21)c1ccccc14. The predicted octanol–water partition coefficient (Wildman–Crippen LogP) is 4.60. The highest BCUT2D eigenvalue weighted by molar-refractivity contribution is 6.32. The van der Waals surface area contributed by atoms with Crippen molar-refractivity contribution in [3.05, 3.63) is 142 Å². The summed E-state index contributed by atoms with van der Waals surface area (Å²) in [7, 11) is 0. The lowest BCUT2D eigenvalue weighted by atomic mass is 10.1. The Labute approximate surface area is 246 Å². The molecule has 200 valence electrons. The first kappa shape index (κ1) is 22.9. The predicted molar refractivity (Wildman–Crippen MR) is 168 cm³/mol. The molecule has 43 heavy (non-hydrogen) atoms. The van der Waals surface area contributed by atoms with Gasteiger partial charge in [-0.25, -0.2) is 0 Å². The quantitative estimate of drug-likeness (QED) is 0.285. The summed E-state index contributed by atoms with van der Waals surface area (Å²) in [4.78, 5) is 31.3. The maximum Gasteiger partial charge on any atom is 0.276 e. The molecular formula is C35H22N8+2. The van der Waals surface area contributed by atoms with Crippen LogP contribution >= 0.6 is 0 Å². The number of fused-ring (bicyclic) bond motifs is 14. The third-order valence-electron chi connectivity index (χ3n) is 8.85. The average molecular weight is 555 g/mol. The fourth-order valence-corrected chi connectivity index (χ4v) is 6.94. The second kappa shape index (κ2) is 7.74. The van der Waals surface area contributed by atoms with Gasteiger partial charge in [-0.05, 0) is 48.5 Å². The van der Waals surface area contributed by atoms with E-state index in [0.717, 1.165) is 67.9 Å². The molecule has 0 atom stereocenters. The summed E-state index contributed by atoms with van der Waals surface area (Å²) in [5.74, 6) is 5.68. The molecule has 4 aromatic rings. The van der Waals surface area contributed by atoms with Crippen molar-refractivity contribution in [2.24, 2.45) is 30.0 Å². The molecule has 0 radical (unpaired) electrons. The highest BCUT2D eigenvalue weighted by Crippen LogP contribution is 2.36. The Morgan fingerprint density at radius 3 is 1.05 bits per heavy atom. The van der Waals surface area contributed by atoms with Gasteiger partial charge in [0.2, 0.25) is 29.0 Å². The molecule has 6 aliphatic heterocycles. The van der Waals surface area contributed by atoms with E-state index < -0.39 is 5.66 Å². The number of benzene rings is 4. The monoisotopic (exact) mass is 554 g/mol. The van der Waals surface area contributed by atoms with E-state index in [0.29, 0.717) is 23.3 Å². The van der Waals surface area contributed by atoms with Crippen LogP contribution in [0.1, 0.15) is 58.4 Å². The maximum absolute atomic E-state index is 5.32. The van der Waals surface area contributed by atoms with Crippen molar-refractivity contribution >= 4 is 46.7 Å². The van der Waals surface area contributed by atoms with Crippen LogP contribution in [0.3, 0.4) is 0 Å². The number of hydrogen-bond acceptors (Lipinski definition) is 6. The average Bonchev–Trinajstić information content (AvgIpc) is 3.74. The zero-order chi connectivity index (χ0) is 28.4. The lowest BCUT2D eigenvalue weighted by Crippen LogP contribution is -2.53. The minimum atomic E-state index is -0.748. The Morgan fingerprint density at radius 2 is 0.674 bits per heavy atom. The van der Waals surface area contributed by atoms with Gasteiger partial charge < -0.3 is 0 Å². The Morgan fingerprint density at radius 1 is 0.372 bits per heavy atom. The molecule has 4 aromatic carbocycles. The van der Waals surface area contributed by atoms with E-state index in [1.807, 2.05) is 48.5 Å². The van der Waals surface area contributed by atoms with Gasteiger partial charge in [0.15, 0.2) is 0 Å². The van der Waals surface area contributed by atoms with Crippen molar-refractivity contribution in [1.82, 2.24) is 0 Å². The molecular weight excluding hydrogens is 532 g/mol. The van der Waals surface area contributed by atoms with Gasteiger partial charge in [-0.1, -0.05) is 68.5 Å². The standard InChI is InChI=1S/C35H22N8/c1-35(2)42-31-23-15-7-8-16-24(23)33(42)40-29-21-13-5-6-14-22(21)30(37-29)41-34-26-18-10-9-17-25(26)32(43(34)35)39-28-20-12-4-3-11-19(20)27(36-28)38-31/h3-18H,1-2H3/q+2. The van der Waals surface area contributed by atoms with E-state index in [-0.39, 0.29) is 0 Å². The second-order valence-electron chi connectivity index (χ2n) is 11.6. The van der Waals surface area contributed by atoms with Crippen LogP contribution < -0.4 is 0 Å². The highest BCUT2D eigenvalue weighted by Gasteiger charge is 2.53. The van der Waals surface area contributed by atoms with Crippen LogP contribution in [0.4, 0.5) is 0 Å². The summed E-state index contributed by atoms with van der Waals surface area (Å²) in [6.45, 7) is 4.38. The number of hydrogen-bond donors (Lipinski definition) is 0. The normalized spacial score (nSPS) is 19.3. The van der Waals surface area contributed by atoms with Crippen LogP contribution in [0.5, 0.6) is 0 Å². The summed E-state index contributed by atoms with van der Waals surface area (Å²) in [6.07, 6.45) is 0. The van der Waals surface area contributed by atoms with Crippen LogP contribution in [0, 0.1) is 0 Å². The van der Waals surface area contributed by atoms with Crippen LogP contribution in [0.25, 0.3) is 0 Å². The van der Waals surface area contributed by atoms with Crippen molar-refractivity contribution in [3.8, 4) is 0 Å². The lowest BCUT2D eigenvalue weighted by molar-refractivity contribution is -0.725. The van der Waals surface area contributed by atoms with Gasteiger partial charge in [-0.15, -0.1) is 0 Å². The van der Waals surface area contributed by atoms with Crippen LogP contribution in [-0.4, -0.2) is 61.5 Å². The number of amidine groups is 8. The first-order valence-electron chi connectivity index (χ1n) is 14.3. The molecule has 8 nitrogen and oxygen atoms in total. The molecule has 0 fully saturated rings. The van der Waals surface area contributed by atoms with Crippen molar-refractivity contribution in [3.63, 3.8) is 0 Å². The van der Waals surface area contributed by atoms with Gasteiger partial charge >= 0.3 is 0 Å². The zero-order valence-corrected chi connectivity index (χ0v) is 23.3. The molecule has 0 unspecified atom stereocenters. The number of nitrogens with zero attached hydrogens (tertiary/aromatic N) is 8. The fraction of sp³-hybridized carbons (Fsp3) is 0.0857. The summed E-state index contributed by atoms with van der Waals surface area (Å²) >= 11 is 0. The van der Waals surface area contributed by atoms with Crippen LogP contribution in [-0.2, 0) is 0 Å². The van der Waals surface area contributed by atoms with Crippen LogP contribution in [0.2, 0.25) is 0 Å². The molecule has 0 N–H and O–H groups in total. The summed E-state index contributed by atoms with van der Waals surface area (Å²) in [6, 6.07) is 33.0. The third kappa shape index (κ3) is 2.84. The Bertz CT molecular complexity index is 2140. The van der Waals surface area contributed by atoms with Gasteiger partial charge in [0.1, 0.15) is 0 Å². The minimum absolute atomic E-state index is 0.640.